The summed E-state index contributed by atoms with van der Waals surface area (Å²) in [4.78, 5) is 0. The molecule has 5 atom stereocenters. The average Bonchev–Trinajstić information content (AvgIpc) is 2.36. The maximum absolute atomic E-state index is 9.51. The van der Waals surface area contributed by atoms with Gasteiger partial charge in [-0.1, -0.05) is 13.8 Å². The van der Waals surface area contributed by atoms with Gasteiger partial charge in [0.1, 0.15) is 0 Å². The van der Waals surface area contributed by atoms with Crippen LogP contribution in [-0.4, -0.2) is 11.2 Å². The second kappa shape index (κ2) is 1.97. The van der Waals surface area contributed by atoms with Crippen molar-refractivity contribution in [2.24, 2.45) is 23.7 Å². The molecule has 2 bridgehead atoms. The second-order valence-corrected chi connectivity index (χ2v) is 4.18. The molecule has 0 saturated heterocycles. The monoisotopic (exact) mass is 140 g/mol. The smallest absolute Gasteiger partial charge is 0.0573 e. The largest absolute Gasteiger partial charge is 0.393 e. The van der Waals surface area contributed by atoms with E-state index in [1.807, 2.05) is 0 Å². The predicted molar refractivity (Wildman–Crippen MR) is 40.5 cm³/mol. The molecule has 0 unspecified atom stereocenters. The van der Waals surface area contributed by atoms with Gasteiger partial charge in [-0.15, -0.1) is 0 Å². The first-order valence-electron chi connectivity index (χ1n) is 4.38. The van der Waals surface area contributed by atoms with Crippen molar-refractivity contribution in [1.82, 2.24) is 0 Å². The Bertz CT molecular complexity index is 142. The zero-order chi connectivity index (χ0) is 7.30. The molecule has 0 aromatic rings. The lowest BCUT2D eigenvalue weighted by Gasteiger charge is -2.28. The molecule has 2 aliphatic rings. The maximum Gasteiger partial charge on any atom is 0.0573 e. The van der Waals surface area contributed by atoms with E-state index < -0.39 is 0 Å². The number of fused-ring (bicyclic) bond motifs is 2. The molecule has 1 nitrogen and oxygen atoms in total. The minimum atomic E-state index is 0.0381. The summed E-state index contributed by atoms with van der Waals surface area (Å²) in [6.07, 6.45) is 2.41. The van der Waals surface area contributed by atoms with Crippen molar-refractivity contribution in [2.75, 3.05) is 0 Å². The van der Waals surface area contributed by atoms with E-state index in [0.717, 1.165) is 24.2 Å². The minimum Gasteiger partial charge on any atom is -0.393 e. The van der Waals surface area contributed by atoms with Gasteiger partial charge < -0.3 is 5.11 Å². The summed E-state index contributed by atoms with van der Waals surface area (Å²) in [7, 11) is 0. The summed E-state index contributed by atoms with van der Waals surface area (Å²) in [6, 6.07) is 0. The molecular formula is C9H16O. The fraction of sp³-hybridized carbons (Fsp3) is 1.00. The van der Waals surface area contributed by atoms with E-state index in [1.165, 1.54) is 6.42 Å². The second-order valence-electron chi connectivity index (χ2n) is 4.18. The molecule has 1 heteroatoms. The summed E-state index contributed by atoms with van der Waals surface area (Å²) in [6.45, 7) is 4.62. The summed E-state index contributed by atoms with van der Waals surface area (Å²) in [5.41, 5.74) is 0. The summed E-state index contributed by atoms with van der Waals surface area (Å²) in [5.74, 6) is 3.12. The topological polar surface area (TPSA) is 20.2 Å². The Morgan fingerprint density at radius 3 is 2.20 bits per heavy atom. The highest BCUT2D eigenvalue weighted by atomic mass is 16.3. The van der Waals surface area contributed by atoms with Crippen molar-refractivity contribution in [2.45, 2.75) is 32.8 Å². The van der Waals surface area contributed by atoms with Gasteiger partial charge in [0.15, 0.2) is 0 Å². The molecule has 1 N–H and O–H groups in total. The van der Waals surface area contributed by atoms with Crippen LogP contribution in [0.25, 0.3) is 0 Å². The molecule has 2 aliphatic carbocycles. The van der Waals surface area contributed by atoms with Gasteiger partial charge in [-0.05, 0) is 36.5 Å². The average molecular weight is 140 g/mol. The van der Waals surface area contributed by atoms with Gasteiger partial charge in [0, 0.05) is 0 Å². The number of aliphatic hydroxyl groups excluding tert-OH is 1. The lowest BCUT2D eigenvalue weighted by Crippen LogP contribution is -2.27. The van der Waals surface area contributed by atoms with E-state index in [0.29, 0.717) is 5.92 Å². The van der Waals surface area contributed by atoms with Crippen molar-refractivity contribution in [3.63, 3.8) is 0 Å². The molecule has 58 valence electrons. The van der Waals surface area contributed by atoms with Crippen LogP contribution >= 0.6 is 0 Å². The molecule has 0 spiro atoms. The van der Waals surface area contributed by atoms with Gasteiger partial charge in [0.2, 0.25) is 0 Å². The van der Waals surface area contributed by atoms with Gasteiger partial charge >= 0.3 is 0 Å². The number of hydrogen-bond acceptors (Lipinski definition) is 1. The first-order chi connectivity index (χ1) is 4.70. The van der Waals surface area contributed by atoms with Crippen molar-refractivity contribution in [1.29, 1.82) is 0 Å². The Labute approximate surface area is 62.4 Å². The van der Waals surface area contributed by atoms with Crippen molar-refractivity contribution in [3.8, 4) is 0 Å². The molecule has 0 heterocycles. The number of aliphatic hydroxyl groups is 1. The van der Waals surface area contributed by atoms with Crippen molar-refractivity contribution >= 4 is 0 Å². The molecular weight excluding hydrogens is 124 g/mol. The van der Waals surface area contributed by atoms with E-state index in [4.69, 9.17) is 0 Å². The fourth-order valence-corrected chi connectivity index (χ4v) is 2.90. The van der Waals surface area contributed by atoms with Gasteiger partial charge in [-0.2, -0.15) is 0 Å². The minimum absolute atomic E-state index is 0.0381. The lowest BCUT2D eigenvalue weighted by atomic mass is 9.80. The van der Waals surface area contributed by atoms with Crippen LogP contribution in [0.5, 0.6) is 0 Å². The Balaban J connectivity index is 2.16. The molecule has 2 rings (SSSR count). The molecule has 0 aromatic heterocycles. The molecule has 0 amide bonds. The molecule has 0 aliphatic heterocycles. The Morgan fingerprint density at radius 1 is 1.10 bits per heavy atom. The first-order valence-corrected chi connectivity index (χ1v) is 4.38. The maximum atomic E-state index is 9.51. The molecule has 0 radical (unpaired) electrons. The van der Waals surface area contributed by atoms with Crippen LogP contribution in [0.1, 0.15) is 26.7 Å². The van der Waals surface area contributed by atoms with E-state index >= 15 is 0 Å². The van der Waals surface area contributed by atoms with E-state index in [1.54, 1.807) is 0 Å². The Kier molecular flexibility index (Phi) is 1.31. The highest BCUT2D eigenvalue weighted by Crippen LogP contribution is 2.51. The predicted octanol–water partition coefficient (Wildman–Crippen LogP) is 1.66. The summed E-state index contributed by atoms with van der Waals surface area (Å²) < 4.78 is 0. The first kappa shape index (κ1) is 6.66. The van der Waals surface area contributed by atoms with Crippen LogP contribution in [0.3, 0.4) is 0 Å². The third kappa shape index (κ3) is 0.672. The van der Waals surface area contributed by atoms with E-state index in [2.05, 4.69) is 13.8 Å². The van der Waals surface area contributed by atoms with E-state index in [9.17, 15) is 5.11 Å². The molecule has 10 heavy (non-hydrogen) atoms. The van der Waals surface area contributed by atoms with Crippen molar-refractivity contribution < 1.29 is 5.11 Å². The van der Waals surface area contributed by atoms with Crippen LogP contribution in [0.2, 0.25) is 0 Å². The number of hydrogen-bond donors (Lipinski definition) is 1. The van der Waals surface area contributed by atoms with Gasteiger partial charge in [-0.25, -0.2) is 0 Å². The Hall–Kier alpha value is -0.0400. The van der Waals surface area contributed by atoms with Crippen LogP contribution in [0.4, 0.5) is 0 Å². The van der Waals surface area contributed by atoms with Crippen LogP contribution in [0.15, 0.2) is 0 Å². The third-order valence-electron chi connectivity index (χ3n) is 3.86. The van der Waals surface area contributed by atoms with E-state index in [-0.39, 0.29) is 6.10 Å². The normalized spacial score (nSPS) is 59.7. The summed E-state index contributed by atoms with van der Waals surface area (Å²) >= 11 is 0. The molecule has 2 fully saturated rings. The standard InChI is InChI=1S/C9H16O/c1-5-6(2)8-3-7(5)4-9(8)10/h5-10H,3-4H2,1-2H3/t5-,6-,7-,8-,9+/m0/s1. The molecule has 2 saturated carbocycles. The highest BCUT2D eigenvalue weighted by molar-refractivity contribution is 4.97. The van der Waals surface area contributed by atoms with Crippen LogP contribution in [0, 0.1) is 23.7 Å². The van der Waals surface area contributed by atoms with Crippen LogP contribution < -0.4 is 0 Å². The number of rotatable bonds is 0. The quantitative estimate of drug-likeness (QED) is 0.542. The van der Waals surface area contributed by atoms with Gasteiger partial charge in [-0.3, -0.25) is 0 Å². The van der Waals surface area contributed by atoms with Crippen LogP contribution in [-0.2, 0) is 0 Å². The van der Waals surface area contributed by atoms with Gasteiger partial charge in [0.25, 0.3) is 0 Å². The zero-order valence-corrected chi connectivity index (χ0v) is 6.75. The fourth-order valence-electron chi connectivity index (χ4n) is 2.90. The SMILES string of the molecule is C[C@@H]1[C@H]2C[C@@H]([C@H]1C)[C@H](O)C2. The molecule has 0 aromatic carbocycles. The highest BCUT2D eigenvalue weighted by Gasteiger charge is 2.47. The van der Waals surface area contributed by atoms with Gasteiger partial charge in [0.05, 0.1) is 6.10 Å². The zero-order valence-electron chi connectivity index (χ0n) is 6.75. The summed E-state index contributed by atoms with van der Waals surface area (Å²) in [5, 5.41) is 9.51. The Morgan fingerprint density at radius 2 is 1.80 bits per heavy atom. The lowest BCUT2D eigenvalue weighted by molar-refractivity contribution is 0.0645. The third-order valence-corrected chi connectivity index (χ3v) is 3.86. The van der Waals surface area contributed by atoms with Crippen molar-refractivity contribution in [3.05, 3.63) is 0 Å².